The van der Waals surface area contributed by atoms with E-state index in [1.165, 1.54) is 0 Å². The highest BCUT2D eigenvalue weighted by molar-refractivity contribution is 9.10. The Morgan fingerprint density at radius 2 is 2.21 bits per heavy atom. The van der Waals surface area contributed by atoms with Gasteiger partial charge in [0.05, 0.1) is 10.5 Å². The van der Waals surface area contributed by atoms with Crippen LogP contribution in [0.25, 0.3) is 0 Å². The fraction of sp³-hybridized carbons (Fsp3) is 0.250. The summed E-state index contributed by atoms with van der Waals surface area (Å²) in [6, 6.07) is 5.97. The predicted molar refractivity (Wildman–Crippen MR) is 97.2 cm³/mol. The lowest BCUT2D eigenvalue weighted by Gasteiger charge is -2.17. The maximum atomic E-state index is 4.54. The topological polar surface area (TPSA) is 91.4 Å². The van der Waals surface area contributed by atoms with Crippen molar-refractivity contribution in [2.75, 3.05) is 10.6 Å². The molecule has 0 bridgehead atoms. The van der Waals surface area contributed by atoms with Gasteiger partial charge in [-0.3, -0.25) is 10.1 Å². The average molecular weight is 388 g/mol. The predicted octanol–water partition coefficient (Wildman–Crippen LogP) is 3.97. The summed E-state index contributed by atoms with van der Waals surface area (Å²) in [5.74, 6) is 1.90. The van der Waals surface area contributed by atoms with Crippen molar-refractivity contribution in [3.8, 4) is 0 Å². The first-order valence-electron chi connectivity index (χ1n) is 7.63. The molecule has 1 unspecified atom stereocenters. The summed E-state index contributed by atoms with van der Waals surface area (Å²) in [6.07, 6.45) is 6.23. The third kappa shape index (κ3) is 3.88. The zero-order valence-corrected chi connectivity index (χ0v) is 15.0. The van der Waals surface area contributed by atoms with Gasteiger partial charge in [0.25, 0.3) is 0 Å². The molecule has 0 aliphatic rings. The van der Waals surface area contributed by atoms with Crippen LogP contribution in [0.2, 0.25) is 0 Å². The molecule has 1 atom stereocenters. The summed E-state index contributed by atoms with van der Waals surface area (Å²) in [4.78, 5) is 13.0. The van der Waals surface area contributed by atoms with Gasteiger partial charge in [-0.15, -0.1) is 0 Å². The minimum atomic E-state index is 0.0975. The molecule has 3 N–H and O–H groups in total. The first-order valence-corrected chi connectivity index (χ1v) is 8.43. The Morgan fingerprint density at radius 1 is 1.33 bits per heavy atom. The van der Waals surface area contributed by atoms with E-state index in [9.17, 15) is 0 Å². The molecule has 3 aromatic rings. The number of aromatic nitrogens is 5. The second-order valence-electron chi connectivity index (χ2n) is 5.34. The Balaban J connectivity index is 1.80. The Bertz CT molecular complexity index is 803. The van der Waals surface area contributed by atoms with Gasteiger partial charge < -0.3 is 10.6 Å². The van der Waals surface area contributed by atoms with Crippen molar-refractivity contribution in [2.45, 2.75) is 26.3 Å². The van der Waals surface area contributed by atoms with Gasteiger partial charge in [-0.05, 0) is 40.9 Å². The Kier molecular flexibility index (Phi) is 5.05. The molecule has 0 aromatic carbocycles. The van der Waals surface area contributed by atoms with E-state index in [1.807, 2.05) is 31.3 Å². The van der Waals surface area contributed by atoms with E-state index in [-0.39, 0.29) is 6.04 Å². The molecule has 0 aliphatic heterocycles. The number of hydrogen-bond donors (Lipinski definition) is 3. The minimum Gasteiger partial charge on any atom is -0.347 e. The van der Waals surface area contributed by atoms with Crippen LogP contribution in [0.15, 0.2) is 41.3 Å². The van der Waals surface area contributed by atoms with Crippen LogP contribution in [0, 0.1) is 6.92 Å². The Labute approximate surface area is 148 Å². The van der Waals surface area contributed by atoms with Gasteiger partial charge in [-0.1, -0.05) is 13.0 Å². The molecule has 0 saturated carbocycles. The van der Waals surface area contributed by atoms with Crippen LogP contribution in [0.4, 0.5) is 17.6 Å². The van der Waals surface area contributed by atoms with E-state index in [1.54, 1.807) is 12.4 Å². The van der Waals surface area contributed by atoms with Crippen molar-refractivity contribution in [3.05, 3.63) is 52.5 Å². The lowest BCUT2D eigenvalue weighted by atomic mass is 10.1. The Hall–Kier alpha value is -2.48. The normalized spacial score (nSPS) is 12.0. The standard InChI is InChI=1S/C16H18BrN7/c1-3-13(11-5-4-6-18-8-11)20-16-19-9-12(17)15(22-16)21-14-7-10(2)23-24-14/h4-9,13H,3H2,1-2H3,(H3,19,20,21,22,23,24). The van der Waals surface area contributed by atoms with Gasteiger partial charge >= 0.3 is 0 Å². The highest BCUT2D eigenvalue weighted by Gasteiger charge is 2.13. The summed E-state index contributed by atoms with van der Waals surface area (Å²) in [6.45, 7) is 4.05. The zero-order valence-electron chi connectivity index (χ0n) is 13.4. The number of nitrogens with zero attached hydrogens (tertiary/aromatic N) is 4. The molecule has 0 aliphatic carbocycles. The third-order valence-corrected chi connectivity index (χ3v) is 4.08. The van der Waals surface area contributed by atoms with Gasteiger partial charge in [-0.25, -0.2) is 4.98 Å². The van der Waals surface area contributed by atoms with E-state index in [2.05, 4.69) is 58.6 Å². The summed E-state index contributed by atoms with van der Waals surface area (Å²) in [5, 5.41) is 13.6. The maximum absolute atomic E-state index is 4.54. The minimum absolute atomic E-state index is 0.0975. The first-order chi connectivity index (χ1) is 11.7. The van der Waals surface area contributed by atoms with Gasteiger partial charge in [0, 0.05) is 30.4 Å². The van der Waals surface area contributed by atoms with Crippen LogP contribution in [-0.2, 0) is 0 Å². The van der Waals surface area contributed by atoms with Crippen LogP contribution in [0.1, 0.15) is 30.6 Å². The molecule has 0 amide bonds. The molecule has 3 aromatic heterocycles. The molecule has 7 nitrogen and oxygen atoms in total. The summed E-state index contributed by atoms with van der Waals surface area (Å²) < 4.78 is 0.767. The molecule has 0 radical (unpaired) electrons. The Morgan fingerprint density at radius 3 is 2.88 bits per heavy atom. The lowest BCUT2D eigenvalue weighted by molar-refractivity contribution is 0.734. The number of anilines is 3. The summed E-state index contributed by atoms with van der Waals surface area (Å²) in [5.41, 5.74) is 2.08. The SMILES string of the molecule is CCC(Nc1ncc(Br)c(Nc2cc(C)[nH]n2)n1)c1cccnc1. The first kappa shape index (κ1) is 16.4. The van der Waals surface area contributed by atoms with Crippen molar-refractivity contribution >= 4 is 33.5 Å². The highest BCUT2D eigenvalue weighted by atomic mass is 79.9. The largest absolute Gasteiger partial charge is 0.347 e. The summed E-state index contributed by atoms with van der Waals surface area (Å²) >= 11 is 3.46. The highest BCUT2D eigenvalue weighted by Crippen LogP contribution is 2.26. The van der Waals surface area contributed by atoms with Crippen molar-refractivity contribution in [1.82, 2.24) is 25.1 Å². The molecule has 0 saturated heterocycles. The average Bonchev–Trinajstić information content (AvgIpc) is 3.01. The lowest BCUT2D eigenvalue weighted by Crippen LogP contribution is -2.13. The van der Waals surface area contributed by atoms with Crippen LogP contribution in [0.3, 0.4) is 0 Å². The fourth-order valence-corrected chi connectivity index (χ4v) is 2.58. The van der Waals surface area contributed by atoms with Crippen LogP contribution >= 0.6 is 15.9 Å². The van der Waals surface area contributed by atoms with Gasteiger partial charge in [0.2, 0.25) is 5.95 Å². The van der Waals surface area contributed by atoms with Crippen LogP contribution in [-0.4, -0.2) is 25.1 Å². The maximum Gasteiger partial charge on any atom is 0.225 e. The molecule has 0 spiro atoms. The van der Waals surface area contributed by atoms with Crippen molar-refractivity contribution in [1.29, 1.82) is 0 Å². The second kappa shape index (κ2) is 7.39. The molecule has 3 rings (SSSR count). The number of halogens is 1. The number of aryl methyl sites for hydroxylation is 1. The van der Waals surface area contributed by atoms with E-state index >= 15 is 0 Å². The van der Waals surface area contributed by atoms with E-state index < -0.39 is 0 Å². The number of H-pyrrole nitrogens is 1. The molecule has 0 fully saturated rings. The van der Waals surface area contributed by atoms with Crippen molar-refractivity contribution in [3.63, 3.8) is 0 Å². The van der Waals surface area contributed by atoms with E-state index in [0.29, 0.717) is 17.6 Å². The number of rotatable bonds is 6. The van der Waals surface area contributed by atoms with Crippen LogP contribution in [0.5, 0.6) is 0 Å². The van der Waals surface area contributed by atoms with Crippen LogP contribution < -0.4 is 10.6 Å². The monoisotopic (exact) mass is 387 g/mol. The van der Waals surface area contributed by atoms with Crippen molar-refractivity contribution in [2.24, 2.45) is 0 Å². The quantitative estimate of drug-likeness (QED) is 0.592. The number of hydrogen-bond acceptors (Lipinski definition) is 6. The zero-order chi connectivity index (χ0) is 16.9. The molecular weight excluding hydrogens is 370 g/mol. The molecule has 8 heteroatoms. The number of aromatic amines is 1. The molecule has 3 heterocycles. The van der Waals surface area contributed by atoms with Gasteiger partial charge in [-0.2, -0.15) is 10.1 Å². The van der Waals surface area contributed by atoms with Crippen molar-refractivity contribution < 1.29 is 0 Å². The fourth-order valence-electron chi connectivity index (χ4n) is 2.29. The smallest absolute Gasteiger partial charge is 0.225 e. The van der Waals surface area contributed by atoms with Gasteiger partial charge in [0.1, 0.15) is 0 Å². The second-order valence-corrected chi connectivity index (χ2v) is 6.20. The number of nitrogens with one attached hydrogen (secondary N) is 3. The molecular formula is C16H18BrN7. The summed E-state index contributed by atoms with van der Waals surface area (Å²) in [7, 11) is 0. The molecule has 24 heavy (non-hydrogen) atoms. The van der Waals surface area contributed by atoms with E-state index in [4.69, 9.17) is 0 Å². The molecule has 124 valence electrons. The van der Waals surface area contributed by atoms with E-state index in [0.717, 1.165) is 22.2 Å². The third-order valence-electron chi connectivity index (χ3n) is 3.49. The number of pyridine rings is 1. The van der Waals surface area contributed by atoms with Gasteiger partial charge in [0.15, 0.2) is 11.6 Å².